The van der Waals surface area contributed by atoms with Gasteiger partial charge in [0.15, 0.2) is 0 Å². The molecule has 0 bridgehead atoms. The molecule has 0 aliphatic heterocycles. The van der Waals surface area contributed by atoms with Gasteiger partial charge in [-0.3, -0.25) is 0 Å². The Balaban J connectivity index is 2.28. The Morgan fingerprint density at radius 3 is 1.18 bits per heavy atom. The van der Waals surface area contributed by atoms with E-state index in [0.717, 1.165) is 0 Å². The summed E-state index contributed by atoms with van der Waals surface area (Å²) in [5, 5.41) is 4.16. The van der Waals surface area contributed by atoms with Crippen LogP contribution in [-0.2, 0) is 0 Å². The van der Waals surface area contributed by atoms with Gasteiger partial charge in [0.25, 0.3) is 0 Å². The second kappa shape index (κ2) is 9.22. The molecule has 28 heavy (non-hydrogen) atoms. The predicted octanol–water partition coefficient (Wildman–Crippen LogP) is 5.57. The molecule has 0 saturated heterocycles. The molecule has 0 aliphatic carbocycles. The summed E-state index contributed by atoms with van der Waals surface area (Å²) in [5.41, 5.74) is 0. The molecule has 3 rings (SSSR count). The number of benzene rings is 3. The quantitative estimate of drug-likeness (QED) is 0.478. The topological polar surface area (TPSA) is 3.24 Å². The smallest absolute Gasteiger partial charge is 0.138 e. The van der Waals surface area contributed by atoms with Crippen LogP contribution in [0.1, 0.15) is 27.7 Å². The van der Waals surface area contributed by atoms with Crippen LogP contribution in [0.4, 0.5) is 0 Å². The van der Waals surface area contributed by atoms with E-state index in [1.807, 2.05) is 0 Å². The minimum Gasteiger partial charge on any atom is -0.370 e. The lowest BCUT2D eigenvalue weighted by Crippen LogP contribution is -2.34. The van der Waals surface area contributed by atoms with Crippen LogP contribution < -0.4 is 15.9 Å². The highest BCUT2D eigenvalue weighted by atomic mass is 31.2. The van der Waals surface area contributed by atoms with Gasteiger partial charge in [-0.05, 0) is 64.1 Å². The average Bonchev–Trinajstić information content (AvgIpc) is 2.73. The van der Waals surface area contributed by atoms with E-state index in [4.69, 9.17) is 0 Å². The first kappa shape index (κ1) is 20.4. The fourth-order valence-corrected chi connectivity index (χ4v) is 7.50. The maximum atomic E-state index is 2.49. The van der Waals surface area contributed by atoms with Crippen molar-refractivity contribution >= 4 is 23.2 Å². The van der Waals surface area contributed by atoms with Gasteiger partial charge in [0, 0.05) is 18.3 Å². The summed E-state index contributed by atoms with van der Waals surface area (Å²) < 4.78 is 0. The predicted molar refractivity (Wildman–Crippen MR) is 126 cm³/mol. The zero-order valence-corrected chi connectivity index (χ0v) is 18.3. The summed E-state index contributed by atoms with van der Waals surface area (Å²) in [4.78, 5) is 2.45. The van der Waals surface area contributed by atoms with Crippen molar-refractivity contribution < 1.29 is 0 Å². The summed E-state index contributed by atoms with van der Waals surface area (Å²) in [6.07, 6.45) is 2.34. The summed E-state index contributed by atoms with van der Waals surface area (Å²) in [6, 6.07) is 33.9. The highest BCUT2D eigenvalue weighted by Gasteiger charge is 2.43. The molecule has 0 fully saturated rings. The van der Waals surface area contributed by atoms with Gasteiger partial charge in [-0.25, -0.2) is 0 Å². The van der Waals surface area contributed by atoms with Crippen LogP contribution >= 0.6 is 7.26 Å². The third-order valence-electron chi connectivity index (χ3n) is 5.15. The van der Waals surface area contributed by atoms with Crippen LogP contribution in [0, 0.1) is 0 Å². The lowest BCUT2D eigenvalue weighted by atomic mass is 10.2. The fraction of sp³-hybridized carbons (Fsp3) is 0.231. The number of rotatable bonds is 7. The van der Waals surface area contributed by atoms with Crippen molar-refractivity contribution in [2.24, 2.45) is 0 Å². The van der Waals surface area contributed by atoms with Crippen molar-refractivity contribution in [1.82, 2.24) is 4.90 Å². The molecule has 0 atom stereocenters. The summed E-state index contributed by atoms with van der Waals surface area (Å²) in [5.74, 6) is 2.49. The zero-order chi connectivity index (χ0) is 20.0. The van der Waals surface area contributed by atoms with E-state index in [0.29, 0.717) is 12.1 Å². The fourth-order valence-electron chi connectivity index (χ4n) is 3.81. The Kier molecular flexibility index (Phi) is 6.70. The third kappa shape index (κ3) is 4.21. The Morgan fingerprint density at radius 1 is 0.571 bits per heavy atom. The van der Waals surface area contributed by atoms with Crippen molar-refractivity contribution in [3.05, 3.63) is 103 Å². The van der Waals surface area contributed by atoms with Crippen LogP contribution in [0.5, 0.6) is 0 Å². The minimum absolute atomic E-state index is 0.459. The van der Waals surface area contributed by atoms with E-state index in [2.05, 4.69) is 136 Å². The normalized spacial score (nSPS) is 12.1. The molecular formula is C26H31NP+. The number of hydrogen-bond acceptors (Lipinski definition) is 1. The molecule has 2 heteroatoms. The first-order chi connectivity index (χ1) is 13.6. The summed E-state index contributed by atoms with van der Waals surface area (Å²) in [7, 11) is -1.91. The molecule has 0 unspecified atom stereocenters. The lowest BCUT2D eigenvalue weighted by molar-refractivity contribution is 0.256. The molecule has 3 aromatic rings. The molecule has 3 aromatic carbocycles. The van der Waals surface area contributed by atoms with Crippen LogP contribution in [-0.4, -0.2) is 17.0 Å². The van der Waals surface area contributed by atoms with E-state index in [1.165, 1.54) is 15.9 Å². The maximum absolute atomic E-state index is 2.49. The maximum Gasteiger partial charge on any atom is 0.138 e. The van der Waals surface area contributed by atoms with E-state index in [9.17, 15) is 0 Å². The molecule has 1 nitrogen and oxygen atoms in total. The monoisotopic (exact) mass is 388 g/mol. The van der Waals surface area contributed by atoms with Crippen molar-refractivity contribution in [2.45, 2.75) is 39.8 Å². The molecular weight excluding hydrogens is 357 g/mol. The highest BCUT2D eigenvalue weighted by Crippen LogP contribution is 2.56. The molecule has 0 spiro atoms. The second-order valence-corrected chi connectivity index (χ2v) is 11.0. The minimum atomic E-state index is -1.91. The molecule has 144 valence electrons. The van der Waals surface area contributed by atoms with Crippen molar-refractivity contribution in [1.29, 1.82) is 0 Å². The molecule has 0 heterocycles. The largest absolute Gasteiger partial charge is 0.370 e. The zero-order valence-electron chi connectivity index (χ0n) is 17.4. The van der Waals surface area contributed by atoms with Crippen LogP contribution in [0.2, 0.25) is 0 Å². The second-order valence-electron chi connectivity index (χ2n) is 7.66. The van der Waals surface area contributed by atoms with Gasteiger partial charge >= 0.3 is 0 Å². The SMILES string of the molecule is CC(C)N(/C=C/[P+](c1ccccc1)(c1ccccc1)c1ccccc1)C(C)C. The Labute approximate surface area is 171 Å². The van der Waals surface area contributed by atoms with Crippen LogP contribution in [0.3, 0.4) is 0 Å². The molecule has 0 saturated carbocycles. The first-order valence-corrected chi connectivity index (χ1v) is 11.9. The summed E-state index contributed by atoms with van der Waals surface area (Å²) in [6.45, 7) is 9.05. The van der Waals surface area contributed by atoms with E-state index in [-0.39, 0.29) is 0 Å². The Hall–Kier alpha value is -2.37. The van der Waals surface area contributed by atoms with Gasteiger partial charge in [-0.1, -0.05) is 54.6 Å². The van der Waals surface area contributed by atoms with Gasteiger partial charge in [-0.2, -0.15) is 0 Å². The molecule has 0 aromatic heterocycles. The Bertz CT molecular complexity index is 765. The standard InChI is InChI=1S/C26H31NP/c1-22(2)27(23(3)4)20-21-28(24-14-8-5-9-15-24,25-16-10-6-11-17-25)26-18-12-7-13-19-26/h5-23H,1-4H3/q+1/b21-20+. The van der Waals surface area contributed by atoms with E-state index >= 15 is 0 Å². The van der Waals surface area contributed by atoms with Gasteiger partial charge in [0.05, 0.1) is 5.82 Å². The Morgan fingerprint density at radius 2 is 0.893 bits per heavy atom. The molecule has 0 amide bonds. The van der Waals surface area contributed by atoms with Gasteiger partial charge in [0.1, 0.15) is 23.2 Å². The number of hydrogen-bond donors (Lipinski definition) is 0. The van der Waals surface area contributed by atoms with Crippen molar-refractivity contribution in [3.63, 3.8) is 0 Å². The molecule has 0 radical (unpaired) electrons. The van der Waals surface area contributed by atoms with E-state index in [1.54, 1.807) is 0 Å². The molecule has 0 N–H and O–H groups in total. The third-order valence-corrected chi connectivity index (χ3v) is 9.06. The van der Waals surface area contributed by atoms with E-state index < -0.39 is 7.26 Å². The van der Waals surface area contributed by atoms with Crippen LogP contribution in [0.25, 0.3) is 0 Å². The highest BCUT2D eigenvalue weighted by molar-refractivity contribution is 7.98. The van der Waals surface area contributed by atoms with Gasteiger partial charge in [-0.15, -0.1) is 0 Å². The molecule has 0 aliphatic rings. The first-order valence-electron chi connectivity index (χ1n) is 10.1. The average molecular weight is 389 g/mol. The number of nitrogens with zero attached hydrogens (tertiary/aromatic N) is 1. The lowest BCUT2D eigenvalue weighted by Gasteiger charge is -2.30. The van der Waals surface area contributed by atoms with Crippen molar-refractivity contribution in [2.75, 3.05) is 0 Å². The van der Waals surface area contributed by atoms with Crippen LogP contribution in [0.15, 0.2) is 103 Å². The summed E-state index contributed by atoms with van der Waals surface area (Å²) >= 11 is 0. The van der Waals surface area contributed by atoms with Gasteiger partial charge in [0.2, 0.25) is 0 Å². The van der Waals surface area contributed by atoms with Crippen molar-refractivity contribution in [3.8, 4) is 0 Å². The van der Waals surface area contributed by atoms with Gasteiger partial charge < -0.3 is 4.90 Å².